The summed E-state index contributed by atoms with van der Waals surface area (Å²) < 4.78 is 32.6. The van der Waals surface area contributed by atoms with Crippen molar-refractivity contribution in [2.45, 2.75) is 44.0 Å². The van der Waals surface area contributed by atoms with Gasteiger partial charge in [0.2, 0.25) is 10.0 Å². The lowest BCUT2D eigenvalue weighted by atomic mass is 9.91. The SMILES string of the molecule is CC(C)S(=O)(=O)N1CCC[C@@]2(C=Cc3ccccc3O2)CC1. The average Bonchev–Trinajstić information content (AvgIpc) is 2.70. The zero-order chi connectivity index (χ0) is 15.8. The number of para-hydroxylation sites is 1. The minimum absolute atomic E-state index is 0.365. The van der Waals surface area contributed by atoms with E-state index in [0.29, 0.717) is 19.5 Å². The number of hydrogen-bond donors (Lipinski definition) is 0. The maximum atomic E-state index is 12.4. The lowest BCUT2D eigenvalue weighted by Gasteiger charge is -2.34. The van der Waals surface area contributed by atoms with Crippen LogP contribution >= 0.6 is 0 Å². The van der Waals surface area contributed by atoms with E-state index in [1.807, 2.05) is 24.3 Å². The zero-order valence-electron chi connectivity index (χ0n) is 13.2. The lowest BCUT2D eigenvalue weighted by molar-refractivity contribution is 0.102. The Kier molecular flexibility index (Phi) is 4.03. The molecule has 1 aromatic rings. The van der Waals surface area contributed by atoms with Crippen molar-refractivity contribution < 1.29 is 13.2 Å². The molecule has 0 unspecified atom stereocenters. The van der Waals surface area contributed by atoms with Gasteiger partial charge < -0.3 is 4.74 Å². The number of rotatable bonds is 2. The molecule has 2 aliphatic rings. The van der Waals surface area contributed by atoms with Gasteiger partial charge in [0.25, 0.3) is 0 Å². The Labute approximate surface area is 132 Å². The minimum Gasteiger partial charge on any atom is -0.483 e. The largest absolute Gasteiger partial charge is 0.483 e. The fourth-order valence-corrected chi connectivity index (χ4v) is 4.46. The highest BCUT2D eigenvalue weighted by molar-refractivity contribution is 7.89. The van der Waals surface area contributed by atoms with Gasteiger partial charge in [-0.2, -0.15) is 0 Å². The lowest BCUT2D eigenvalue weighted by Crippen LogP contribution is -2.40. The van der Waals surface area contributed by atoms with Crippen LogP contribution in [0.25, 0.3) is 6.08 Å². The van der Waals surface area contributed by atoms with E-state index in [1.54, 1.807) is 18.2 Å². The summed E-state index contributed by atoms with van der Waals surface area (Å²) in [6.45, 7) is 4.58. The van der Waals surface area contributed by atoms with Crippen molar-refractivity contribution in [3.8, 4) is 5.75 Å². The molecule has 3 rings (SSSR count). The van der Waals surface area contributed by atoms with Gasteiger partial charge in [-0.1, -0.05) is 24.3 Å². The molecule has 1 atom stereocenters. The van der Waals surface area contributed by atoms with Crippen molar-refractivity contribution >= 4 is 16.1 Å². The first-order valence-electron chi connectivity index (χ1n) is 7.89. The van der Waals surface area contributed by atoms with Gasteiger partial charge in [0.05, 0.1) is 5.25 Å². The van der Waals surface area contributed by atoms with Crippen LogP contribution in [0.3, 0.4) is 0 Å². The Balaban J connectivity index is 1.80. The van der Waals surface area contributed by atoms with Gasteiger partial charge in [-0.05, 0) is 38.8 Å². The molecular weight excluding hydrogens is 298 g/mol. The van der Waals surface area contributed by atoms with Gasteiger partial charge in [-0.25, -0.2) is 12.7 Å². The molecule has 0 radical (unpaired) electrons. The normalized spacial score (nSPS) is 25.8. The van der Waals surface area contributed by atoms with Gasteiger partial charge in [-0.3, -0.25) is 0 Å². The Morgan fingerprint density at radius 1 is 1.18 bits per heavy atom. The van der Waals surface area contributed by atoms with E-state index >= 15 is 0 Å². The van der Waals surface area contributed by atoms with Crippen LogP contribution < -0.4 is 4.74 Å². The van der Waals surface area contributed by atoms with Crippen LogP contribution in [0.5, 0.6) is 5.75 Å². The Bertz CT molecular complexity index is 681. The molecule has 0 aromatic heterocycles. The highest BCUT2D eigenvalue weighted by Crippen LogP contribution is 2.37. The van der Waals surface area contributed by atoms with E-state index in [1.165, 1.54) is 0 Å². The maximum Gasteiger partial charge on any atom is 0.216 e. The second kappa shape index (κ2) is 5.70. The van der Waals surface area contributed by atoms with Crippen molar-refractivity contribution in [1.29, 1.82) is 0 Å². The van der Waals surface area contributed by atoms with E-state index in [2.05, 4.69) is 12.2 Å². The zero-order valence-corrected chi connectivity index (χ0v) is 14.0. The molecule has 1 spiro atoms. The average molecular weight is 321 g/mol. The summed E-state index contributed by atoms with van der Waals surface area (Å²) in [5.41, 5.74) is 0.722. The molecule has 0 N–H and O–H groups in total. The minimum atomic E-state index is -3.19. The number of ether oxygens (including phenoxy) is 1. The van der Waals surface area contributed by atoms with Crippen LogP contribution in [0, 0.1) is 0 Å². The van der Waals surface area contributed by atoms with Crippen molar-refractivity contribution in [2.75, 3.05) is 13.1 Å². The van der Waals surface area contributed by atoms with Crippen LogP contribution in [0.2, 0.25) is 0 Å². The summed E-state index contributed by atoms with van der Waals surface area (Å²) in [5.74, 6) is 0.894. The Hall–Kier alpha value is -1.33. The van der Waals surface area contributed by atoms with E-state index in [4.69, 9.17) is 4.74 Å². The highest BCUT2D eigenvalue weighted by Gasteiger charge is 2.37. The second-order valence-corrected chi connectivity index (χ2v) is 8.87. The molecular formula is C17H23NO3S. The number of benzene rings is 1. The molecule has 22 heavy (non-hydrogen) atoms. The monoisotopic (exact) mass is 321 g/mol. The third-order valence-electron chi connectivity index (χ3n) is 4.55. The summed E-state index contributed by atoms with van der Waals surface area (Å²) in [5, 5.41) is -0.370. The highest BCUT2D eigenvalue weighted by atomic mass is 32.2. The molecule has 120 valence electrons. The standard InChI is InChI=1S/C17H23NO3S/c1-14(2)22(19,20)18-12-5-9-17(11-13-18)10-8-15-6-3-4-7-16(15)21-17/h3-4,6-8,10,14H,5,9,11-13H2,1-2H3/t17-/m1/s1. The second-order valence-electron chi connectivity index (χ2n) is 6.38. The third kappa shape index (κ3) is 2.79. The number of sulfonamides is 1. The molecule has 5 heteroatoms. The van der Waals surface area contributed by atoms with E-state index in [0.717, 1.165) is 24.2 Å². The van der Waals surface area contributed by atoms with Crippen molar-refractivity contribution in [2.24, 2.45) is 0 Å². The molecule has 0 saturated carbocycles. The van der Waals surface area contributed by atoms with Crippen LogP contribution in [0.15, 0.2) is 30.3 Å². The quantitative estimate of drug-likeness (QED) is 0.841. The first kappa shape index (κ1) is 15.6. The molecule has 4 nitrogen and oxygen atoms in total. The summed E-state index contributed by atoms with van der Waals surface area (Å²) in [4.78, 5) is 0. The molecule has 1 saturated heterocycles. The van der Waals surface area contributed by atoms with Crippen LogP contribution in [-0.4, -0.2) is 36.7 Å². The van der Waals surface area contributed by atoms with E-state index < -0.39 is 10.0 Å². The molecule has 0 amide bonds. The molecule has 1 fully saturated rings. The molecule has 0 aliphatic carbocycles. The predicted octanol–water partition coefficient (Wildman–Crippen LogP) is 3.06. The Morgan fingerprint density at radius 2 is 1.95 bits per heavy atom. The van der Waals surface area contributed by atoms with Crippen molar-refractivity contribution in [1.82, 2.24) is 4.31 Å². The van der Waals surface area contributed by atoms with E-state index in [-0.39, 0.29) is 10.9 Å². The first-order chi connectivity index (χ1) is 10.4. The summed E-state index contributed by atoms with van der Waals surface area (Å²) in [7, 11) is -3.19. The molecule has 1 aromatic carbocycles. The topological polar surface area (TPSA) is 46.6 Å². The van der Waals surface area contributed by atoms with Gasteiger partial charge >= 0.3 is 0 Å². The van der Waals surface area contributed by atoms with E-state index in [9.17, 15) is 8.42 Å². The summed E-state index contributed by atoms with van der Waals surface area (Å²) in [6.07, 6.45) is 6.58. The Morgan fingerprint density at radius 3 is 2.73 bits per heavy atom. The van der Waals surface area contributed by atoms with Gasteiger partial charge in [-0.15, -0.1) is 0 Å². The summed E-state index contributed by atoms with van der Waals surface area (Å²) >= 11 is 0. The summed E-state index contributed by atoms with van der Waals surface area (Å²) in [6, 6.07) is 7.98. The van der Waals surface area contributed by atoms with Crippen LogP contribution in [0.4, 0.5) is 0 Å². The molecule has 0 bridgehead atoms. The molecule has 2 aliphatic heterocycles. The van der Waals surface area contributed by atoms with Gasteiger partial charge in [0.15, 0.2) is 0 Å². The van der Waals surface area contributed by atoms with Crippen LogP contribution in [-0.2, 0) is 10.0 Å². The number of hydrogen-bond acceptors (Lipinski definition) is 3. The van der Waals surface area contributed by atoms with Crippen molar-refractivity contribution in [3.05, 3.63) is 35.9 Å². The number of nitrogens with zero attached hydrogens (tertiary/aromatic N) is 1. The third-order valence-corrected chi connectivity index (χ3v) is 6.82. The smallest absolute Gasteiger partial charge is 0.216 e. The fraction of sp³-hybridized carbons (Fsp3) is 0.529. The first-order valence-corrected chi connectivity index (χ1v) is 9.40. The number of fused-ring (bicyclic) bond motifs is 1. The molecule has 2 heterocycles. The predicted molar refractivity (Wildman–Crippen MR) is 88.3 cm³/mol. The van der Waals surface area contributed by atoms with Gasteiger partial charge in [0.1, 0.15) is 11.4 Å². The fourth-order valence-electron chi connectivity index (χ4n) is 3.13. The van der Waals surface area contributed by atoms with Crippen LogP contribution in [0.1, 0.15) is 38.7 Å². The maximum absolute atomic E-state index is 12.4. The van der Waals surface area contributed by atoms with Crippen molar-refractivity contribution in [3.63, 3.8) is 0 Å². The van der Waals surface area contributed by atoms with Gasteiger partial charge in [0, 0.05) is 25.1 Å².